The summed E-state index contributed by atoms with van der Waals surface area (Å²) in [5.74, 6) is 0. The number of hydrogen-bond acceptors (Lipinski definition) is 1. The summed E-state index contributed by atoms with van der Waals surface area (Å²) in [6.45, 7) is 6.01. The number of rotatable bonds is 3. The van der Waals surface area contributed by atoms with Gasteiger partial charge in [-0.2, -0.15) is 7.05 Å². The predicted molar refractivity (Wildman–Crippen MR) is 35.0 cm³/mol. The third-order valence-corrected chi connectivity index (χ3v) is 1.25. The van der Waals surface area contributed by atoms with E-state index in [0.29, 0.717) is 0 Å². The van der Waals surface area contributed by atoms with Gasteiger partial charge in [0.25, 0.3) is 0 Å². The molecule has 2 heteroatoms. The fourth-order valence-electron chi connectivity index (χ4n) is 0.474. The average Bonchev–Trinajstić information content (AvgIpc) is 1.67. The smallest absolute Gasteiger partial charge is 0.0579 e. The standard InChI is InChI=1S/C6H16N2/c1-6(2,4-7)5-8-3/h3-5,7-8H2,1-2H3. The maximum Gasteiger partial charge on any atom is 0.0579 e. The second-order valence-electron chi connectivity index (χ2n) is 2.86. The molecule has 0 aliphatic heterocycles. The summed E-state index contributed by atoms with van der Waals surface area (Å²) in [6.07, 6.45) is 0. The van der Waals surface area contributed by atoms with Crippen LogP contribution in [-0.4, -0.2) is 13.1 Å². The molecule has 0 fully saturated rings. The Balaban J connectivity index is 3.37. The van der Waals surface area contributed by atoms with Gasteiger partial charge >= 0.3 is 0 Å². The van der Waals surface area contributed by atoms with E-state index in [2.05, 4.69) is 20.9 Å². The SMILES string of the molecule is [CH2-][NH2+]CC(C)(C)CN. The lowest BCUT2D eigenvalue weighted by atomic mass is 9.94. The van der Waals surface area contributed by atoms with Crippen LogP contribution in [0.2, 0.25) is 0 Å². The lowest BCUT2D eigenvalue weighted by Crippen LogP contribution is -2.80. The van der Waals surface area contributed by atoms with Crippen molar-refractivity contribution in [3.8, 4) is 0 Å². The molecule has 8 heavy (non-hydrogen) atoms. The second-order valence-corrected chi connectivity index (χ2v) is 2.86. The molecule has 0 aliphatic rings. The number of quaternary nitrogens is 1. The summed E-state index contributed by atoms with van der Waals surface area (Å²) in [5, 5.41) is 1.91. The van der Waals surface area contributed by atoms with Gasteiger partial charge < -0.3 is 11.1 Å². The average molecular weight is 116 g/mol. The van der Waals surface area contributed by atoms with Crippen LogP contribution in [0.4, 0.5) is 0 Å². The Bertz CT molecular complexity index is 59.5. The van der Waals surface area contributed by atoms with Crippen molar-refractivity contribution in [1.82, 2.24) is 0 Å². The van der Waals surface area contributed by atoms with Crippen molar-refractivity contribution >= 4 is 0 Å². The molecule has 0 aliphatic carbocycles. The van der Waals surface area contributed by atoms with Gasteiger partial charge in [-0.1, -0.05) is 13.8 Å². The van der Waals surface area contributed by atoms with Crippen LogP contribution in [0.1, 0.15) is 13.8 Å². The maximum absolute atomic E-state index is 5.44. The quantitative estimate of drug-likeness (QED) is 0.472. The van der Waals surface area contributed by atoms with E-state index < -0.39 is 0 Å². The van der Waals surface area contributed by atoms with E-state index in [9.17, 15) is 0 Å². The lowest BCUT2D eigenvalue weighted by molar-refractivity contribution is -0.607. The Kier molecular flexibility index (Phi) is 3.02. The van der Waals surface area contributed by atoms with Crippen molar-refractivity contribution in [3.05, 3.63) is 7.05 Å². The molecule has 0 amide bonds. The fourth-order valence-corrected chi connectivity index (χ4v) is 0.474. The normalized spacial score (nSPS) is 12.0. The Morgan fingerprint density at radius 3 is 2.25 bits per heavy atom. The summed E-state index contributed by atoms with van der Waals surface area (Å²) < 4.78 is 0. The van der Waals surface area contributed by atoms with Gasteiger partial charge in [0.05, 0.1) is 6.54 Å². The van der Waals surface area contributed by atoms with Crippen LogP contribution in [0, 0.1) is 12.5 Å². The van der Waals surface area contributed by atoms with Gasteiger partial charge in [-0.25, -0.2) is 0 Å². The summed E-state index contributed by atoms with van der Waals surface area (Å²) in [5.41, 5.74) is 5.70. The third kappa shape index (κ3) is 2.99. The van der Waals surface area contributed by atoms with Gasteiger partial charge in [-0.3, -0.25) is 0 Å². The molecule has 0 aromatic heterocycles. The van der Waals surface area contributed by atoms with E-state index in [-0.39, 0.29) is 5.41 Å². The fraction of sp³-hybridized carbons (Fsp3) is 0.833. The van der Waals surface area contributed by atoms with Crippen molar-refractivity contribution < 1.29 is 5.32 Å². The highest BCUT2D eigenvalue weighted by Crippen LogP contribution is 2.06. The van der Waals surface area contributed by atoms with E-state index in [0.717, 1.165) is 13.1 Å². The molecule has 4 N–H and O–H groups in total. The minimum atomic E-state index is 0.252. The molecule has 0 rings (SSSR count). The van der Waals surface area contributed by atoms with E-state index in [1.807, 2.05) is 5.32 Å². The van der Waals surface area contributed by atoms with Crippen LogP contribution in [0.25, 0.3) is 0 Å². The highest BCUT2D eigenvalue weighted by Gasteiger charge is 2.14. The molecule has 0 saturated heterocycles. The van der Waals surface area contributed by atoms with Gasteiger partial charge in [0.1, 0.15) is 0 Å². The largest absolute Gasteiger partial charge is 0.478 e. The van der Waals surface area contributed by atoms with Crippen LogP contribution < -0.4 is 11.1 Å². The molecule has 0 heterocycles. The molecule has 0 spiro atoms. The van der Waals surface area contributed by atoms with Crippen molar-refractivity contribution in [1.29, 1.82) is 0 Å². The first-order valence-corrected chi connectivity index (χ1v) is 2.93. The van der Waals surface area contributed by atoms with E-state index in [1.165, 1.54) is 0 Å². The summed E-state index contributed by atoms with van der Waals surface area (Å²) in [7, 11) is 3.64. The van der Waals surface area contributed by atoms with Gasteiger partial charge in [0.15, 0.2) is 0 Å². The number of nitrogens with two attached hydrogens (primary N) is 2. The first-order chi connectivity index (χ1) is 3.62. The van der Waals surface area contributed by atoms with Crippen LogP contribution in [0.5, 0.6) is 0 Å². The van der Waals surface area contributed by atoms with Crippen molar-refractivity contribution in [2.24, 2.45) is 11.1 Å². The molecule has 0 unspecified atom stereocenters. The Labute approximate surface area is 51.5 Å². The van der Waals surface area contributed by atoms with Gasteiger partial charge in [-0.05, 0) is 0 Å². The zero-order valence-electron chi connectivity index (χ0n) is 5.78. The molecule has 0 bridgehead atoms. The lowest BCUT2D eigenvalue weighted by Gasteiger charge is -2.20. The predicted octanol–water partition coefficient (Wildman–Crippen LogP) is -0.674. The van der Waals surface area contributed by atoms with Crippen molar-refractivity contribution in [3.63, 3.8) is 0 Å². The van der Waals surface area contributed by atoms with Crippen LogP contribution in [0.15, 0.2) is 0 Å². The van der Waals surface area contributed by atoms with Crippen LogP contribution in [-0.2, 0) is 0 Å². The zero-order valence-corrected chi connectivity index (χ0v) is 5.78. The van der Waals surface area contributed by atoms with Crippen molar-refractivity contribution in [2.75, 3.05) is 13.1 Å². The topological polar surface area (TPSA) is 42.6 Å². The molecule has 0 aromatic carbocycles. The summed E-state index contributed by atoms with van der Waals surface area (Å²) >= 11 is 0. The van der Waals surface area contributed by atoms with E-state index >= 15 is 0 Å². The summed E-state index contributed by atoms with van der Waals surface area (Å²) in [4.78, 5) is 0. The zero-order chi connectivity index (χ0) is 6.62. The molecule has 0 saturated carbocycles. The molecular weight excluding hydrogens is 100 g/mol. The Hall–Kier alpha value is -0.0800. The second kappa shape index (κ2) is 3.05. The molecular formula is C6H16N2. The minimum absolute atomic E-state index is 0.252. The van der Waals surface area contributed by atoms with E-state index in [1.54, 1.807) is 0 Å². The number of hydrogen-bond donors (Lipinski definition) is 2. The summed E-state index contributed by atoms with van der Waals surface area (Å²) in [6, 6.07) is 0. The Morgan fingerprint density at radius 1 is 1.62 bits per heavy atom. The molecule has 50 valence electrons. The molecule has 0 radical (unpaired) electrons. The van der Waals surface area contributed by atoms with E-state index in [4.69, 9.17) is 5.73 Å². The van der Waals surface area contributed by atoms with Crippen molar-refractivity contribution in [2.45, 2.75) is 13.8 Å². The Morgan fingerprint density at radius 2 is 2.12 bits per heavy atom. The highest BCUT2D eigenvalue weighted by atomic mass is 14.8. The molecule has 0 atom stereocenters. The minimum Gasteiger partial charge on any atom is -0.478 e. The maximum atomic E-state index is 5.44. The van der Waals surface area contributed by atoms with Gasteiger partial charge in [0, 0.05) is 12.0 Å². The van der Waals surface area contributed by atoms with Gasteiger partial charge in [0.2, 0.25) is 0 Å². The monoisotopic (exact) mass is 116 g/mol. The first kappa shape index (κ1) is 7.92. The third-order valence-electron chi connectivity index (χ3n) is 1.25. The first-order valence-electron chi connectivity index (χ1n) is 2.93. The molecule has 2 nitrogen and oxygen atoms in total. The molecule has 0 aromatic rings. The van der Waals surface area contributed by atoms with Crippen LogP contribution >= 0.6 is 0 Å². The highest BCUT2D eigenvalue weighted by molar-refractivity contribution is 4.65. The van der Waals surface area contributed by atoms with Gasteiger partial charge in [-0.15, -0.1) is 0 Å². The van der Waals surface area contributed by atoms with Crippen LogP contribution in [0.3, 0.4) is 0 Å².